The first-order valence-electron chi connectivity index (χ1n) is 7.89. The van der Waals surface area contributed by atoms with E-state index in [9.17, 15) is 14.4 Å². The zero-order valence-electron chi connectivity index (χ0n) is 15.0. The van der Waals surface area contributed by atoms with E-state index >= 15 is 0 Å². The number of hydrogen-bond donors (Lipinski definition) is 0. The zero-order valence-corrected chi connectivity index (χ0v) is 15.0. The molecule has 7 nitrogen and oxygen atoms in total. The fraction of sp³-hybridized carbons (Fsp3) is 0.812. The minimum atomic E-state index is -1.06. The third-order valence-corrected chi connectivity index (χ3v) is 2.77. The lowest BCUT2D eigenvalue weighted by molar-refractivity contribution is -0.142. The first kappa shape index (κ1) is 21.2. The van der Waals surface area contributed by atoms with Crippen LogP contribution in [0.5, 0.6) is 0 Å². The Morgan fingerprint density at radius 3 is 2.17 bits per heavy atom. The summed E-state index contributed by atoms with van der Waals surface area (Å²) in [6.07, 6.45) is -0.0299. The molecular formula is C16H29NO6. The summed E-state index contributed by atoms with van der Waals surface area (Å²) < 4.78 is 14.4. The molecule has 0 aromatic carbocycles. The van der Waals surface area contributed by atoms with Gasteiger partial charge >= 0.3 is 18.2 Å². The summed E-state index contributed by atoms with van der Waals surface area (Å²) >= 11 is 0. The van der Waals surface area contributed by atoms with E-state index in [1.807, 2.05) is 20.8 Å². The second-order valence-electron chi connectivity index (χ2n) is 6.65. The van der Waals surface area contributed by atoms with Crippen LogP contribution in [0, 0.1) is 5.92 Å². The Morgan fingerprint density at radius 1 is 1.09 bits per heavy atom. The highest BCUT2D eigenvalue weighted by Gasteiger charge is 2.31. The van der Waals surface area contributed by atoms with E-state index in [0.717, 1.165) is 12.8 Å². The lowest BCUT2D eigenvalue weighted by Crippen LogP contribution is -2.49. The van der Waals surface area contributed by atoms with Crippen molar-refractivity contribution in [3.63, 3.8) is 0 Å². The van der Waals surface area contributed by atoms with Crippen LogP contribution in [0.2, 0.25) is 0 Å². The summed E-state index contributed by atoms with van der Waals surface area (Å²) in [5.41, 5.74) is -0.649. The Hall–Kier alpha value is -1.79. The van der Waals surface area contributed by atoms with Gasteiger partial charge in [-0.25, -0.2) is 14.4 Å². The summed E-state index contributed by atoms with van der Waals surface area (Å²) in [6.45, 7) is 11.1. The van der Waals surface area contributed by atoms with Crippen molar-refractivity contribution in [2.45, 2.75) is 59.9 Å². The topological polar surface area (TPSA) is 82.1 Å². The van der Waals surface area contributed by atoms with Crippen molar-refractivity contribution >= 4 is 18.2 Å². The van der Waals surface area contributed by atoms with Gasteiger partial charge in [-0.1, -0.05) is 27.2 Å². The summed E-state index contributed by atoms with van der Waals surface area (Å²) in [7, 11) is 0. The number of carbonyl (C=O) groups excluding carboxylic acids is 3. The monoisotopic (exact) mass is 331 g/mol. The van der Waals surface area contributed by atoms with E-state index < -0.39 is 23.8 Å². The maximum absolute atomic E-state index is 12.1. The molecule has 7 heteroatoms. The highest BCUT2D eigenvalue weighted by Crippen LogP contribution is 2.15. The maximum atomic E-state index is 12.1. The first-order chi connectivity index (χ1) is 10.6. The second kappa shape index (κ2) is 10.1. The number of hydrogen-bond acceptors (Lipinski definition) is 6. The van der Waals surface area contributed by atoms with Crippen molar-refractivity contribution in [3.8, 4) is 0 Å². The van der Waals surface area contributed by atoms with Gasteiger partial charge in [0.2, 0.25) is 0 Å². The molecule has 0 aliphatic carbocycles. The van der Waals surface area contributed by atoms with Gasteiger partial charge in [0.05, 0.1) is 13.2 Å². The fourth-order valence-electron chi connectivity index (χ4n) is 1.48. The average Bonchev–Trinajstić information content (AvgIpc) is 2.41. The molecule has 0 atom stereocenters. The van der Waals surface area contributed by atoms with Gasteiger partial charge in [-0.15, -0.1) is 0 Å². The van der Waals surface area contributed by atoms with Crippen LogP contribution in [-0.2, 0) is 19.0 Å². The lowest BCUT2D eigenvalue weighted by atomic mass is 10.1. The fourth-order valence-corrected chi connectivity index (χ4v) is 1.48. The SMILES string of the molecule is CCCCOC(=O)N(CC(=O)OC(=O)OCC(C)C)C(C)(C)C. The first-order valence-corrected chi connectivity index (χ1v) is 7.89. The maximum Gasteiger partial charge on any atom is 0.516 e. The molecule has 0 unspecified atom stereocenters. The van der Waals surface area contributed by atoms with Crippen LogP contribution >= 0.6 is 0 Å². The molecule has 0 radical (unpaired) electrons. The van der Waals surface area contributed by atoms with Crippen molar-refractivity contribution in [2.24, 2.45) is 5.92 Å². The summed E-state index contributed by atoms with van der Waals surface area (Å²) in [5, 5.41) is 0. The molecule has 0 heterocycles. The molecular weight excluding hydrogens is 302 g/mol. The van der Waals surface area contributed by atoms with E-state index in [0.29, 0.717) is 0 Å². The lowest BCUT2D eigenvalue weighted by Gasteiger charge is -2.33. The molecule has 0 saturated heterocycles. The van der Waals surface area contributed by atoms with Gasteiger partial charge in [0.25, 0.3) is 0 Å². The molecule has 1 amide bonds. The number of rotatable bonds is 7. The standard InChI is InChI=1S/C16H29NO6/c1-7-8-9-21-14(19)17(16(4,5)6)10-13(18)23-15(20)22-11-12(2)3/h12H,7-11H2,1-6H3. The Balaban J connectivity index is 4.56. The number of carbonyl (C=O) groups is 3. The second-order valence-corrected chi connectivity index (χ2v) is 6.65. The Labute approximate surface area is 138 Å². The van der Waals surface area contributed by atoms with Gasteiger partial charge in [-0.2, -0.15) is 0 Å². The van der Waals surface area contributed by atoms with Gasteiger partial charge in [0.15, 0.2) is 0 Å². The van der Waals surface area contributed by atoms with Crippen LogP contribution in [0.15, 0.2) is 0 Å². The van der Waals surface area contributed by atoms with Gasteiger partial charge in [-0.3, -0.25) is 4.90 Å². The minimum absolute atomic E-state index is 0.136. The van der Waals surface area contributed by atoms with E-state index in [2.05, 4.69) is 4.74 Å². The Morgan fingerprint density at radius 2 is 1.70 bits per heavy atom. The molecule has 0 bridgehead atoms. The molecule has 23 heavy (non-hydrogen) atoms. The van der Waals surface area contributed by atoms with E-state index in [1.54, 1.807) is 20.8 Å². The van der Waals surface area contributed by atoms with Gasteiger partial charge in [-0.05, 0) is 33.1 Å². The molecule has 0 N–H and O–H groups in total. The van der Waals surface area contributed by atoms with Crippen LogP contribution in [-0.4, -0.2) is 48.4 Å². The number of unbranched alkanes of at least 4 members (excludes halogenated alkanes) is 1. The molecule has 0 rings (SSSR count). The van der Waals surface area contributed by atoms with Crippen LogP contribution in [0.3, 0.4) is 0 Å². The van der Waals surface area contributed by atoms with Crippen LogP contribution in [0.1, 0.15) is 54.4 Å². The number of ether oxygens (including phenoxy) is 3. The third-order valence-electron chi connectivity index (χ3n) is 2.77. The molecule has 0 aromatic heterocycles. The number of nitrogens with zero attached hydrogens (tertiary/aromatic N) is 1. The van der Waals surface area contributed by atoms with Crippen LogP contribution in [0.25, 0.3) is 0 Å². The quantitative estimate of drug-likeness (QED) is 0.404. The van der Waals surface area contributed by atoms with Crippen LogP contribution in [0.4, 0.5) is 9.59 Å². The molecule has 0 fully saturated rings. The molecule has 134 valence electrons. The third kappa shape index (κ3) is 9.76. The molecule has 0 aliphatic heterocycles. The summed E-state index contributed by atoms with van der Waals surface area (Å²) in [5.74, 6) is -0.724. The van der Waals surface area contributed by atoms with Gasteiger partial charge in [0, 0.05) is 5.54 Å². The zero-order chi connectivity index (χ0) is 18.0. The van der Waals surface area contributed by atoms with Gasteiger partial charge < -0.3 is 14.2 Å². The average molecular weight is 331 g/mol. The van der Waals surface area contributed by atoms with Crippen LogP contribution < -0.4 is 0 Å². The summed E-state index contributed by atoms with van der Waals surface area (Å²) in [4.78, 5) is 36.5. The molecule has 0 aliphatic rings. The largest absolute Gasteiger partial charge is 0.516 e. The van der Waals surface area contributed by atoms with Crippen molar-refractivity contribution in [2.75, 3.05) is 19.8 Å². The molecule has 0 saturated carbocycles. The number of esters is 1. The van der Waals surface area contributed by atoms with Crippen molar-refractivity contribution < 1.29 is 28.6 Å². The normalized spacial score (nSPS) is 11.1. The number of amides is 1. The van der Waals surface area contributed by atoms with Crippen molar-refractivity contribution in [1.29, 1.82) is 0 Å². The van der Waals surface area contributed by atoms with Crippen molar-refractivity contribution in [1.82, 2.24) is 4.90 Å². The highest BCUT2D eigenvalue weighted by molar-refractivity contribution is 5.85. The van der Waals surface area contributed by atoms with E-state index in [1.165, 1.54) is 4.90 Å². The molecule has 0 aromatic rings. The Kier molecular flexibility index (Phi) is 9.29. The Bertz CT molecular complexity index is 400. The van der Waals surface area contributed by atoms with Crippen molar-refractivity contribution in [3.05, 3.63) is 0 Å². The van der Waals surface area contributed by atoms with Gasteiger partial charge in [0.1, 0.15) is 6.54 Å². The molecule has 0 spiro atoms. The minimum Gasteiger partial charge on any atom is -0.449 e. The highest BCUT2D eigenvalue weighted by atomic mass is 16.7. The smallest absolute Gasteiger partial charge is 0.449 e. The predicted molar refractivity (Wildman–Crippen MR) is 85.0 cm³/mol. The predicted octanol–water partition coefficient (Wildman–Crippen LogP) is 3.36. The van der Waals surface area contributed by atoms with E-state index in [-0.39, 0.29) is 25.7 Å². The summed E-state index contributed by atoms with van der Waals surface area (Å²) in [6, 6.07) is 0. The van der Waals surface area contributed by atoms with E-state index in [4.69, 9.17) is 9.47 Å².